The first-order chi connectivity index (χ1) is 4.86. The van der Waals surface area contributed by atoms with Crippen LogP contribution in [0.3, 0.4) is 0 Å². The average molecular weight is 136 g/mol. The van der Waals surface area contributed by atoms with E-state index in [9.17, 15) is 0 Å². The van der Waals surface area contributed by atoms with Gasteiger partial charge >= 0.3 is 0 Å². The van der Waals surface area contributed by atoms with Gasteiger partial charge in [-0.05, 0) is 25.8 Å². The maximum atomic E-state index is 4.57. The predicted molar refractivity (Wildman–Crippen MR) is 36.3 cm³/mol. The van der Waals surface area contributed by atoms with Crippen molar-refractivity contribution < 1.29 is 4.63 Å². The van der Waals surface area contributed by atoms with E-state index in [1.54, 1.807) is 0 Å². The molecule has 0 saturated heterocycles. The smallest absolute Gasteiger partial charge is 0.130 e. The van der Waals surface area contributed by atoms with Gasteiger partial charge in [0.1, 0.15) is 11.4 Å². The van der Waals surface area contributed by atoms with E-state index < -0.39 is 0 Å². The number of hydrogen-bond acceptors (Lipinski definition) is 3. The summed E-state index contributed by atoms with van der Waals surface area (Å²) in [6, 6.07) is 0. The summed E-state index contributed by atoms with van der Waals surface area (Å²) in [7, 11) is 0. The molecule has 0 radical (unpaired) electrons. The van der Waals surface area contributed by atoms with Crippen LogP contribution in [0.15, 0.2) is 10.2 Å². The highest BCUT2D eigenvalue weighted by Crippen LogP contribution is 2.19. The first-order valence-corrected chi connectivity index (χ1v) is 3.35. The van der Waals surface area contributed by atoms with Crippen LogP contribution in [-0.2, 0) is 6.42 Å². The highest BCUT2D eigenvalue weighted by molar-refractivity contribution is 5.52. The molecule has 0 saturated carbocycles. The lowest BCUT2D eigenvalue weighted by Gasteiger charge is -2.03. The number of nitrogens with zero attached hydrogens (tertiary/aromatic N) is 2. The molecule has 52 valence electrons. The molecule has 10 heavy (non-hydrogen) atoms. The van der Waals surface area contributed by atoms with Gasteiger partial charge in [0.15, 0.2) is 0 Å². The van der Waals surface area contributed by atoms with E-state index in [4.69, 9.17) is 0 Å². The SMILES string of the molecule is CC1=Cc2nonc2CC1. The fraction of sp³-hybridized carbons (Fsp3) is 0.429. The van der Waals surface area contributed by atoms with Crippen molar-refractivity contribution in [2.75, 3.05) is 0 Å². The van der Waals surface area contributed by atoms with Crippen LogP contribution in [0, 0.1) is 0 Å². The highest BCUT2D eigenvalue weighted by Gasteiger charge is 2.12. The highest BCUT2D eigenvalue weighted by atomic mass is 16.6. The van der Waals surface area contributed by atoms with Crippen LogP contribution < -0.4 is 0 Å². The topological polar surface area (TPSA) is 38.9 Å². The molecule has 2 rings (SSSR count). The van der Waals surface area contributed by atoms with E-state index >= 15 is 0 Å². The lowest BCUT2D eigenvalue weighted by molar-refractivity contribution is 0.303. The Balaban J connectivity index is 2.50. The van der Waals surface area contributed by atoms with Gasteiger partial charge in [-0.15, -0.1) is 0 Å². The number of aryl methyl sites for hydroxylation is 1. The van der Waals surface area contributed by atoms with Crippen LogP contribution in [0.5, 0.6) is 0 Å². The third kappa shape index (κ3) is 0.744. The van der Waals surface area contributed by atoms with E-state index in [2.05, 4.69) is 21.9 Å². The number of hydrogen-bond donors (Lipinski definition) is 0. The minimum atomic E-state index is 0.906. The van der Waals surface area contributed by atoms with Crippen LogP contribution in [0.25, 0.3) is 6.08 Å². The molecule has 0 fully saturated rings. The second kappa shape index (κ2) is 1.94. The molecule has 0 unspecified atom stereocenters. The molecule has 1 aromatic rings. The summed E-state index contributed by atoms with van der Waals surface area (Å²) in [5, 5.41) is 7.51. The quantitative estimate of drug-likeness (QED) is 0.541. The van der Waals surface area contributed by atoms with Crippen molar-refractivity contribution in [3.63, 3.8) is 0 Å². The number of aromatic nitrogens is 2. The maximum Gasteiger partial charge on any atom is 0.130 e. The Morgan fingerprint density at radius 3 is 3.20 bits per heavy atom. The third-order valence-electron chi connectivity index (χ3n) is 1.73. The second-order valence-electron chi connectivity index (χ2n) is 2.59. The number of allylic oxidation sites excluding steroid dienone is 1. The Labute approximate surface area is 58.7 Å². The summed E-state index contributed by atoms with van der Waals surface area (Å²) in [6.45, 7) is 2.09. The van der Waals surface area contributed by atoms with Gasteiger partial charge in [-0.2, -0.15) is 0 Å². The van der Waals surface area contributed by atoms with Gasteiger partial charge in [0.2, 0.25) is 0 Å². The fourth-order valence-electron chi connectivity index (χ4n) is 1.12. The molecule has 1 aromatic heterocycles. The Kier molecular flexibility index (Phi) is 1.09. The van der Waals surface area contributed by atoms with E-state index in [1.807, 2.05) is 6.08 Å². The summed E-state index contributed by atoms with van der Waals surface area (Å²) >= 11 is 0. The minimum absolute atomic E-state index is 0.906. The molecular weight excluding hydrogens is 128 g/mol. The summed E-state index contributed by atoms with van der Waals surface area (Å²) in [5.41, 5.74) is 3.25. The van der Waals surface area contributed by atoms with Gasteiger partial charge in [-0.3, -0.25) is 0 Å². The largest absolute Gasteiger partial charge is 0.244 e. The molecule has 0 bridgehead atoms. The zero-order valence-corrected chi connectivity index (χ0v) is 5.79. The molecule has 1 heterocycles. The van der Waals surface area contributed by atoms with E-state index in [0.717, 1.165) is 24.2 Å². The van der Waals surface area contributed by atoms with Crippen LogP contribution in [0.4, 0.5) is 0 Å². The summed E-state index contributed by atoms with van der Waals surface area (Å²) in [5.74, 6) is 0. The first kappa shape index (κ1) is 5.65. The van der Waals surface area contributed by atoms with Gasteiger partial charge in [-0.1, -0.05) is 15.9 Å². The normalized spacial score (nSPS) is 16.3. The van der Waals surface area contributed by atoms with Gasteiger partial charge < -0.3 is 0 Å². The molecule has 1 aliphatic rings. The molecule has 1 aliphatic carbocycles. The molecule has 0 spiro atoms. The minimum Gasteiger partial charge on any atom is -0.244 e. The Morgan fingerprint density at radius 1 is 1.40 bits per heavy atom. The maximum absolute atomic E-state index is 4.57. The average Bonchev–Trinajstić information content (AvgIpc) is 2.33. The van der Waals surface area contributed by atoms with Crippen molar-refractivity contribution in [3.05, 3.63) is 17.0 Å². The Hall–Kier alpha value is -1.12. The standard InChI is InChI=1S/C7H8N2O/c1-5-2-3-6-7(4-5)9-10-8-6/h4H,2-3H2,1H3. The molecule has 3 heteroatoms. The number of rotatable bonds is 0. The van der Waals surface area contributed by atoms with Crippen molar-refractivity contribution in [1.82, 2.24) is 10.3 Å². The van der Waals surface area contributed by atoms with Crippen molar-refractivity contribution >= 4 is 6.08 Å². The molecule has 0 N–H and O–H groups in total. The van der Waals surface area contributed by atoms with Gasteiger partial charge in [0.05, 0.1) is 0 Å². The first-order valence-electron chi connectivity index (χ1n) is 3.35. The van der Waals surface area contributed by atoms with E-state index in [-0.39, 0.29) is 0 Å². The molecule has 0 aliphatic heterocycles. The molecule has 0 aromatic carbocycles. The van der Waals surface area contributed by atoms with Crippen molar-refractivity contribution in [3.8, 4) is 0 Å². The van der Waals surface area contributed by atoms with E-state index in [0.29, 0.717) is 0 Å². The summed E-state index contributed by atoms with van der Waals surface area (Å²) < 4.78 is 4.57. The second-order valence-corrected chi connectivity index (χ2v) is 2.59. The van der Waals surface area contributed by atoms with Crippen LogP contribution in [0.2, 0.25) is 0 Å². The summed E-state index contributed by atoms with van der Waals surface area (Å²) in [4.78, 5) is 0. The third-order valence-corrected chi connectivity index (χ3v) is 1.73. The van der Waals surface area contributed by atoms with Crippen LogP contribution in [-0.4, -0.2) is 10.3 Å². The summed E-state index contributed by atoms with van der Waals surface area (Å²) in [6.07, 6.45) is 4.08. The monoisotopic (exact) mass is 136 g/mol. The lowest BCUT2D eigenvalue weighted by atomic mass is 10.0. The fourth-order valence-corrected chi connectivity index (χ4v) is 1.12. The Bertz CT molecular complexity index is 275. The van der Waals surface area contributed by atoms with Gasteiger partial charge in [0.25, 0.3) is 0 Å². The van der Waals surface area contributed by atoms with Gasteiger partial charge in [-0.25, -0.2) is 4.63 Å². The van der Waals surface area contributed by atoms with Crippen LogP contribution in [0.1, 0.15) is 24.7 Å². The Morgan fingerprint density at radius 2 is 2.30 bits per heavy atom. The predicted octanol–water partition coefficient (Wildman–Crippen LogP) is 1.42. The van der Waals surface area contributed by atoms with E-state index in [1.165, 1.54) is 5.57 Å². The molecular formula is C7H8N2O. The number of fused-ring (bicyclic) bond motifs is 1. The zero-order valence-electron chi connectivity index (χ0n) is 5.79. The van der Waals surface area contributed by atoms with Crippen molar-refractivity contribution in [2.24, 2.45) is 0 Å². The van der Waals surface area contributed by atoms with Crippen molar-refractivity contribution in [1.29, 1.82) is 0 Å². The van der Waals surface area contributed by atoms with Crippen molar-refractivity contribution in [2.45, 2.75) is 19.8 Å². The van der Waals surface area contributed by atoms with Gasteiger partial charge in [0, 0.05) is 0 Å². The molecule has 0 amide bonds. The lowest BCUT2D eigenvalue weighted by Crippen LogP contribution is -1.95. The van der Waals surface area contributed by atoms with Crippen LogP contribution >= 0.6 is 0 Å². The molecule has 3 nitrogen and oxygen atoms in total. The zero-order chi connectivity index (χ0) is 6.97. The molecule has 0 atom stereocenters.